The van der Waals surface area contributed by atoms with Gasteiger partial charge in [-0.15, -0.1) is 0 Å². The van der Waals surface area contributed by atoms with E-state index in [9.17, 15) is 9.90 Å². The van der Waals surface area contributed by atoms with Crippen LogP contribution in [0.2, 0.25) is 0 Å². The molecule has 1 aliphatic carbocycles. The van der Waals surface area contributed by atoms with Crippen LogP contribution >= 0.6 is 0 Å². The van der Waals surface area contributed by atoms with Gasteiger partial charge in [0.2, 0.25) is 0 Å². The predicted molar refractivity (Wildman–Crippen MR) is 61.6 cm³/mol. The molecule has 5 nitrogen and oxygen atoms in total. The number of aliphatic hydroxyl groups excluding tert-OH is 1. The third-order valence-corrected chi connectivity index (χ3v) is 3.59. The molecule has 1 saturated carbocycles. The largest absolute Gasteiger partial charge is 0.461 e. The Kier molecular flexibility index (Phi) is 4.36. The first kappa shape index (κ1) is 12.8. The molecule has 1 heterocycles. The van der Waals surface area contributed by atoms with Crippen molar-refractivity contribution < 1.29 is 19.4 Å². The summed E-state index contributed by atoms with van der Waals surface area (Å²) < 4.78 is 10.8. The van der Waals surface area contributed by atoms with E-state index in [-0.39, 0.29) is 24.2 Å². The third-order valence-electron chi connectivity index (χ3n) is 3.59. The second-order valence-electron chi connectivity index (χ2n) is 4.93. The van der Waals surface area contributed by atoms with Gasteiger partial charge in [-0.1, -0.05) is 0 Å². The second kappa shape index (κ2) is 5.80. The first-order valence-electron chi connectivity index (χ1n) is 6.33. The van der Waals surface area contributed by atoms with Crippen LogP contribution in [0.25, 0.3) is 0 Å². The minimum atomic E-state index is -0.425. The van der Waals surface area contributed by atoms with Crippen LogP contribution in [0.1, 0.15) is 32.1 Å². The summed E-state index contributed by atoms with van der Waals surface area (Å²) in [7, 11) is 1.70. The highest BCUT2D eigenvalue weighted by Crippen LogP contribution is 2.24. The van der Waals surface area contributed by atoms with Crippen LogP contribution in [0.4, 0.5) is 0 Å². The highest BCUT2D eigenvalue weighted by atomic mass is 16.5. The molecule has 1 aliphatic heterocycles. The van der Waals surface area contributed by atoms with Gasteiger partial charge < -0.3 is 19.9 Å². The maximum Gasteiger partial charge on any atom is 0.323 e. The summed E-state index contributed by atoms with van der Waals surface area (Å²) in [6, 6.07) is -0.340. The predicted octanol–water partition coefficient (Wildman–Crippen LogP) is 0.210. The number of aliphatic hydroxyl groups is 1. The molecule has 2 unspecified atom stereocenters. The Hall–Kier alpha value is -0.650. The average molecular weight is 243 g/mol. The zero-order valence-electron chi connectivity index (χ0n) is 10.2. The highest BCUT2D eigenvalue weighted by molar-refractivity contribution is 5.76. The van der Waals surface area contributed by atoms with Gasteiger partial charge in [-0.2, -0.15) is 0 Å². The van der Waals surface area contributed by atoms with E-state index in [0.29, 0.717) is 13.0 Å². The lowest BCUT2D eigenvalue weighted by Gasteiger charge is -2.28. The van der Waals surface area contributed by atoms with Crippen molar-refractivity contribution in [2.75, 3.05) is 13.7 Å². The van der Waals surface area contributed by atoms with E-state index in [1.165, 1.54) is 0 Å². The zero-order chi connectivity index (χ0) is 12.3. The van der Waals surface area contributed by atoms with Gasteiger partial charge in [0.05, 0.1) is 12.2 Å². The topological polar surface area (TPSA) is 67.8 Å². The van der Waals surface area contributed by atoms with Crippen molar-refractivity contribution in [1.29, 1.82) is 0 Å². The molecule has 1 saturated heterocycles. The number of rotatable bonds is 3. The quantitative estimate of drug-likeness (QED) is 0.694. The van der Waals surface area contributed by atoms with Crippen LogP contribution in [0, 0.1) is 0 Å². The Bertz CT molecular complexity index is 271. The molecule has 0 aromatic rings. The van der Waals surface area contributed by atoms with Crippen LogP contribution in [0.5, 0.6) is 0 Å². The number of hydrogen-bond acceptors (Lipinski definition) is 5. The molecule has 0 aromatic carbocycles. The fourth-order valence-electron chi connectivity index (χ4n) is 2.57. The smallest absolute Gasteiger partial charge is 0.323 e. The Morgan fingerprint density at radius 1 is 1.29 bits per heavy atom. The van der Waals surface area contributed by atoms with E-state index in [0.717, 1.165) is 25.7 Å². The van der Waals surface area contributed by atoms with E-state index < -0.39 is 6.10 Å². The Labute approximate surface area is 101 Å². The summed E-state index contributed by atoms with van der Waals surface area (Å²) in [5.74, 6) is -0.233. The molecule has 98 valence electrons. The van der Waals surface area contributed by atoms with Gasteiger partial charge >= 0.3 is 5.97 Å². The Balaban J connectivity index is 1.78. The molecule has 17 heavy (non-hydrogen) atoms. The number of nitrogens with one attached hydrogen (secondary N) is 1. The molecule has 4 atom stereocenters. The Morgan fingerprint density at radius 2 is 2.06 bits per heavy atom. The number of hydrogen-bond donors (Lipinski definition) is 2. The molecule has 0 aromatic heterocycles. The van der Waals surface area contributed by atoms with Crippen molar-refractivity contribution >= 4 is 5.97 Å². The monoisotopic (exact) mass is 243 g/mol. The van der Waals surface area contributed by atoms with E-state index in [1.54, 1.807) is 7.11 Å². The number of ether oxygens (including phenoxy) is 2. The van der Waals surface area contributed by atoms with E-state index in [1.807, 2.05) is 0 Å². The van der Waals surface area contributed by atoms with Gasteiger partial charge in [0.15, 0.2) is 0 Å². The van der Waals surface area contributed by atoms with E-state index in [2.05, 4.69) is 5.32 Å². The number of methoxy groups -OCH3 is 1. The lowest BCUT2D eigenvalue weighted by molar-refractivity contribution is -0.155. The number of carbonyl (C=O) groups excluding carboxylic acids is 1. The van der Waals surface area contributed by atoms with Crippen molar-refractivity contribution in [3.05, 3.63) is 0 Å². The van der Waals surface area contributed by atoms with Crippen LogP contribution in [0.15, 0.2) is 0 Å². The second-order valence-corrected chi connectivity index (χ2v) is 4.93. The molecule has 5 heteroatoms. The molecule has 0 bridgehead atoms. The number of esters is 1. The summed E-state index contributed by atoms with van der Waals surface area (Å²) in [4.78, 5) is 11.8. The van der Waals surface area contributed by atoms with Crippen LogP contribution in [-0.2, 0) is 14.3 Å². The van der Waals surface area contributed by atoms with Crippen LogP contribution in [-0.4, -0.2) is 49.1 Å². The van der Waals surface area contributed by atoms with E-state index in [4.69, 9.17) is 9.47 Å². The van der Waals surface area contributed by atoms with Crippen molar-refractivity contribution in [2.45, 2.75) is 56.5 Å². The lowest BCUT2D eigenvalue weighted by Crippen LogP contribution is -2.37. The first-order chi connectivity index (χ1) is 8.19. The third kappa shape index (κ3) is 3.40. The van der Waals surface area contributed by atoms with Gasteiger partial charge in [0.25, 0.3) is 0 Å². The summed E-state index contributed by atoms with van der Waals surface area (Å²) in [6.45, 7) is 0.477. The maximum absolute atomic E-state index is 11.8. The average Bonchev–Trinajstić information content (AvgIpc) is 2.76. The summed E-state index contributed by atoms with van der Waals surface area (Å²) in [6.07, 6.45) is 4.01. The van der Waals surface area contributed by atoms with E-state index >= 15 is 0 Å². The zero-order valence-corrected chi connectivity index (χ0v) is 10.2. The fourth-order valence-corrected chi connectivity index (χ4v) is 2.57. The number of β-amino-alcohol motifs (C(OH)–C–C–N with tert-alkyl or cyclic N) is 1. The van der Waals surface area contributed by atoms with Crippen LogP contribution in [0.3, 0.4) is 0 Å². The standard InChI is InChI=1S/C12H21NO4/c1-16-9-3-2-4-10(6-9)17-12(15)11-5-8(14)7-13-11/h8-11,13-14H,2-7H2,1H3/t8-,9?,10?,11-/m0/s1. The molecule has 2 aliphatic rings. The molecule has 2 N–H and O–H groups in total. The Morgan fingerprint density at radius 3 is 2.71 bits per heavy atom. The number of carbonyl (C=O) groups is 1. The molecular weight excluding hydrogens is 222 g/mol. The molecule has 0 radical (unpaired) electrons. The normalized spacial score (nSPS) is 38.0. The highest BCUT2D eigenvalue weighted by Gasteiger charge is 2.32. The minimum absolute atomic E-state index is 0.0271. The SMILES string of the molecule is COC1CCCC(OC(=O)[C@@H]2C[C@H](O)CN2)C1. The fraction of sp³-hybridized carbons (Fsp3) is 0.917. The summed E-state index contributed by atoms with van der Waals surface area (Å²) in [5, 5.41) is 12.3. The molecule has 0 amide bonds. The molecule has 2 rings (SSSR count). The van der Waals surface area contributed by atoms with Crippen molar-refractivity contribution in [3.8, 4) is 0 Å². The van der Waals surface area contributed by atoms with Crippen molar-refractivity contribution in [3.63, 3.8) is 0 Å². The maximum atomic E-state index is 11.8. The van der Waals surface area contributed by atoms with Crippen molar-refractivity contribution in [1.82, 2.24) is 5.32 Å². The van der Waals surface area contributed by atoms with Gasteiger partial charge in [-0.3, -0.25) is 4.79 Å². The molecular formula is C12H21NO4. The lowest BCUT2D eigenvalue weighted by atomic mass is 9.95. The minimum Gasteiger partial charge on any atom is -0.461 e. The van der Waals surface area contributed by atoms with Gasteiger partial charge in [0.1, 0.15) is 12.1 Å². The van der Waals surface area contributed by atoms with Gasteiger partial charge in [-0.25, -0.2) is 0 Å². The van der Waals surface area contributed by atoms with Gasteiger partial charge in [-0.05, 0) is 19.3 Å². The summed E-state index contributed by atoms with van der Waals surface area (Å²) >= 11 is 0. The van der Waals surface area contributed by atoms with Crippen molar-refractivity contribution in [2.24, 2.45) is 0 Å². The molecule has 2 fully saturated rings. The van der Waals surface area contributed by atoms with Gasteiger partial charge in [0, 0.05) is 26.5 Å². The summed E-state index contributed by atoms with van der Waals surface area (Å²) in [5.41, 5.74) is 0. The first-order valence-corrected chi connectivity index (χ1v) is 6.33. The molecule has 0 spiro atoms. The van der Waals surface area contributed by atoms with Crippen LogP contribution < -0.4 is 5.32 Å².